The fraction of sp³-hybridized carbons (Fsp3) is 0.400. The highest BCUT2D eigenvalue weighted by Crippen LogP contribution is 1.85. The number of thiol groups is 1. The first-order valence-electron chi connectivity index (χ1n) is 2.50. The molecule has 1 heterocycles. The van der Waals surface area contributed by atoms with Gasteiger partial charge in [0.2, 0.25) is 0 Å². The van der Waals surface area contributed by atoms with Gasteiger partial charge in [-0.15, -0.1) is 0 Å². The van der Waals surface area contributed by atoms with Gasteiger partial charge in [-0.2, -0.15) is 12.6 Å². The molecule has 0 spiro atoms. The number of rotatable bonds is 2. The van der Waals surface area contributed by atoms with Crippen molar-refractivity contribution in [3.63, 3.8) is 0 Å². The van der Waals surface area contributed by atoms with E-state index in [1.807, 2.05) is 10.8 Å². The van der Waals surface area contributed by atoms with Crippen molar-refractivity contribution in [3.8, 4) is 0 Å². The normalized spacial score (nSPS) is 9.62. The molecule has 1 aromatic heterocycles. The lowest BCUT2D eigenvalue weighted by Gasteiger charge is -1.92. The standard InChI is InChI=1S/C5H8N2S/c8-4-3-7-2-1-6-5-7/h1-2,5,8H,3-4H2. The molecule has 0 fully saturated rings. The van der Waals surface area contributed by atoms with Gasteiger partial charge in [0.25, 0.3) is 0 Å². The molecule has 0 N–H and O–H groups in total. The lowest BCUT2D eigenvalue weighted by molar-refractivity contribution is 0.772. The van der Waals surface area contributed by atoms with E-state index in [0.717, 1.165) is 12.3 Å². The Morgan fingerprint density at radius 2 is 2.50 bits per heavy atom. The summed E-state index contributed by atoms with van der Waals surface area (Å²) in [6.45, 7) is 0.948. The maximum absolute atomic E-state index is 4.06. The first kappa shape index (κ1) is 5.69. The van der Waals surface area contributed by atoms with Gasteiger partial charge in [-0.1, -0.05) is 0 Å². The Kier molecular flexibility index (Phi) is 1.97. The maximum Gasteiger partial charge on any atom is 0.0946 e. The van der Waals surface area contributed by atoms with Gasteiger partial charge in [-0.25, -0.2) is 4.98 Å². The fourth-order valence-electron chi connectivity index (χ4n) is 0.534. The minimum atomic E-state index is 0.871. The zero-order chi connectivity index (χ0) is 5.82. The third-order valence-electron chi connectivity index (χ3n) is 0.917. The maximum atomic E-state index is 4.06. The highest BCUT2D eigenvalue weighted by atomic mass is 32.1. The molecule has 0 saturated heterocycles. The summed E-state index contributed by atoms with van der Waals surface area (Å²) in [6.07, 6.45) is 5.48. The zero-order valence-electron chi connectivity index (χ0n) is 4.49. The average Bonchev–Trinajstić information content (AvgIpc) is 2.19. The van der Waals surface area contributed by atoms with Crippen LogP contribution in [0.5, 0.6) is 0 Å². The summed E-state index contributed by atoms with van der Waals surface area (Å²) in [5.74, 6) is 0.871. The number of imidazole rings is 1. The minimum Gasteiger partial charge on any atom is -0.337 e. The Labute approximate surface area is 54.0 Å². The van der Waals surface area contributed by atoms with E-state index in [-0.39, 0.29) is 0 Å². The summed E-state index contributed by atoms with van der Waals surface area (Å²) >= 11 is 4.06. The van der Waals surface area contributed by atoms with E-state index in [1.165, 1.54) is 0 Å². The van der Waals surface area contributed by atoms with Gasteiger partial charge in [0.1, 0.15) is 0 Å². The van der Waals surface area contributed by atoms with E-state index in [0.29, 0.717) is 0 Å². The molecule has 1 aromatic rings. The molecule has 2 nitrogen and oxygen atoms in total. The van der Waals surface area contributed by atoms with Crippen LogP contribution in [0.2, 0.25) is 0 Å². The molecule has 44 valence electrons. The Morgan fingerprint density at radius 1 is 1.62 bits per heavy atom. The van der Waals surface area contributed by atoms with Crippen molar-refractivity contribution in [2.75, 3.05) is 5.75 Å². The quantitative estimate of drug-likeness (QED) is 0.584. The monoisotopic (exact) mass is 128 g/mol. The van der Waals surface area contributed by atoms with Crippen molar-refractivity contribution >= 4 is 12.6 Å². The van der Waals surface area contributed by atoms with Crippen LogP contribution in [0.1, 0.15) is 0 Å². The highest BCUT2D eigenvalue weighted by molar-refractivity contribution is 7.80. The molecule has 1 rings (SSSR count). The van der Waals surface area contributed by atoms with Crippen molar-refractivity contribution in [3.05, 3.63) is 18.7 Å². The van der Waals surface area contributed by atoms with Crippen LogP contribution in [0.25, 0.3) is 0 Å². The third-order valence-corrected chi connectivity index (χ3v) is 1.12. The molecule has 0 atom stereocenters. The van der Waals surface area contributed by atoms with E-state index < -0.39 is 0 Å². The van der Waals surface area contributed by atoms with Gasteiger partial charge in [0.15, 0.2) is 0 Å². The van der Waals surface area contributed by atoms with Gasteiger partial charge >= 0.3 is 0 Å². The number of nitrogens with zero attached hydrogens (tertiary/aromatic N) is 2. The van der Waals surface area contributed by atoms with Gasteiger partial charge in [0.05, 0.1) is 6.33 Å². The Balaban J connectivity index is 2.50. The van der Waals surface area contributed by atoms with Crippen molar-refractivity contribution < 1.29 is 0 Å². The Hall–Kier alpha value is -0.440. The summed E-state index contributed by atoms with van der Waals surface area (Å²) < 4.78 is 1.99. The molecule has 0 amide bonds. The topological polar surface area (TPSA) is 17.8 Å². The van der Waals surface area contributed by atoms with Crippen LogP contribution < -0.4 is 0 Å². The lowest BCUT2D eigenvalue weighted by atomic mass is 10.7. The molecular weight excluding hydrogens is 120 g/mol. The molecule has 0 aliphatic heterocycles. The van der Waals surface area contributed by atoms with Crippen LogP contribution >= 0.6 is 12.6 Å². The van der Waals surface area contributed by atoms with Gasteiger partial charge < -0.3 is 4.57 Å². The van der Waals surface area contributed by atoms with Crippen LogP contribution in [-0.2, 0) is 6.54 Å². The van der Waals surface area contributed by atoms with Crippen LogP contribution in [0.3, 0.4) is 0 Å². The second-order valence-electron chi connectivity index (χ2n) is 1.52. The third kappa shape index (κ3) is 1.26. The van der Waals surface area contributed by atoms with E-state index in [2.05, 4.69) is 17.6 Å². The number of hydrogen-bond donors (Lipinski definition) is 1. The summed E-state index contributed by atoms with van der Waals surface area (Å²) in [5.41, 5.74) is 0. The van der Waals surface area contributed by atoms with Crippen LogP contribution in [0, 0.1) is 0 Å². The van der Waals surface area contributed by atoms with Crippen molar-refractivity contribution in [1.82, 2.24) is 9.55 Å². The van der Waals surface area contributed by atoms with Gasteiger partial charge in [-0.05, 0) is 0 Å². The molecule has 0 aliphatic carbocycles. The molecular formula is C5H8N2S. The molecule has 8 heavy (non-hydrogen) atoms. The SMILES string of the molecule is SCCn1ccnc1. The predicted molar refractivity (Wildman–Crippen MR) is 36.1 cm³/mol. The Morgan fingerprint density at radius 3 is 3.00 bits per heavy atom. The first-order valence-corrected chi connectivity index (χ1v) is 3.13. The summed E-state index contributed by atoms with van der Waals surface area (Å²) in [5, 5.41) is 0. The van der Waals surface area contributed by atoms with Crippen LogP contribution in [0.15, 0.2) is 18.7 Å². The smallest absolute Gasteiger partial charge is 0.0946 e. The molecule has 0 bridgehead atoms. The lowest BCUT2D eigenvalue weighted by Crippen LogP contribution is -1.93. The zero-order valence-corrected chi connectivity index (χ0v) is 5.38. The summed E-state index contributed by atoms with van der Waals surface area (Å²) in [7, 11) is 0. The molecule has 0 aromatic carbocycles. The predicted octanol–water partition coefficient (Wildman–Crippen LogP) is 0.813. The summed E-state index contributed by atoms with van der Waals surface area (Å²) in [6, 6.07) is 0. The molecule has 0 aliphatic rings. The Bertz CT molecular complexity index is 136. The molecule has 3 heteroatoms. The number of hydrogen-bond acceptors (Lipinski definition) is 2. The number of aromatic nitrogens is 2. The second-order valence-corrected chi connectivity index (χ2v) is 1.97. The molecule has 0 radical (unpaired) electrons. The largest absolute Gasteiger partial charge is 0.337 e. The van der Waals surface area contributed by atoms with Gasteiger partial charge in [-0.3, -0.25) is 0 Å². The highest BCUT2D eigenvalue weighted by Gasteiger charge is 1.82. The second kappa shape index (κ2) is 2.77. The van der Waals surface area contributed by atoms with E-state index in [1.54, 1.807) is 12.5 Å². The van der Waals surface area contributed by atoms with Crippen molar-refractivity contribution in [2.45, 2.75) is 6.54 Å². The van der Waals surface area contributed by atoms with Crippen molar-refractivity contribution in [2.24, 2.45) is 0 Å². The van der Waals surface area contributed by atoms with Crippen LogP contribution in [-0.4, -0.2) is 15.3 Å². The average molecular weight is 128 g/mol. The molecule has 0 unspecified atom stereocenters. The molecule has 0 saturated carbocycles. The minimum absolute atomic E-state index is 0.871. The van der Waals surface area contributed by atoms with Crippen molar-refractivity contribution in [1.29, 1.82) is 0 Å². The van der Waals surface area contributed by atoms with E-state index in [4.69, 9.17) is 0 Å². The van der Waals surface area contributed by atoms with E-state index >= 15 is 0 Å². The summed E-state index contributed by atoms with van der Waals surface area (Å²) in [4.78, 5) is 3.87. The number of aryl methyl sites for hydroxylation is 1. The van der Waals surface area contributed by atoms with E-state index in [9.17, 15) is 0 Å². The van der Waals surface area contributed by atoms with Crippen LogP contribution in [0.4, 0.5) is 0 Å². The fourth-order valence-corrected chi connectivity index (χ4v) is 0.765. The van der Waals surface area contributed by atoms with Gasteiger partial charge in [0, 0.05) is 24.7 Å². The first-order chi connectivity index (χ1) is 3.93.